The minimum atomic E-state index is 0.841. The minimum Gasteiger partial charge on any atom is -0.0984 e. The zero-order chi connectivity index (χ0) is 14.0. The van der Waals surface area contributed by atoms with Gasteiger partial charge in [0, 0.05) is 0 Å². The van der Waals surface area contributed by atoms with E-state index in [1.54, 1.807) is 0 Å². The Hall–Kier alpha value is -1.30. The number of allylic oxidation sites excluding steroid dienone is 1. The van der Waals surface area contributed by atoms with Gasteiger partial charge < -0.3 is 0 Å². The molecule has 1 fully saturated rings. The van der Waals surface area contributed by atoms with Gasteiger partial charge in [0.1, 0.15) is 0 Å². The molecular formula is C19H26. The van der Waals surface area contributed by atoms with Crippen molar-refractivity contribution < 1.29 is 0 Å². The van der Waals surface area contributed by atoms with Crippen LogP contribution in [0.3, 0.4) is 0 Å². The van der Waals surface area contributed by atoms with Crippen molar-refractivity contribution in [3.8, 4) is 0 Å². The third-order valence-electron chi connectivity index (χ3n) is 4.43. The van der Waals surface area contributed by atoms with Gasteiger partial charge in [0.2, 0.25) is 0 Å². The fourth-order valence-electron chi connectivity index (χ4n) is 3.02. The summed E-state index contributed by atoms with van der Waals surface area (Å²) in [5.74, 6) is 0.841. The summed E-state index contributed by atoms with van der Waals surface area (Å²) in [5, 5.41) is 0. The fourth-order valence-corrected chi connectivity index (χ4v) is 3.02. The zero-order valence-corrected chi connectivity index (χ0v) is 12.8. The highest BCUT2D eigenvalue weighted by Crippen LogP contribution is 2.38. The second-order valence-corrected chi connectivity index (χ2v) is 5.72. The number of hydrogen-bond acceptors (Lipinski definition) is 0. The summed E-state index contributed by atoms with van der Waals surface area (Å²) in [4.78, 5) is 0. The van der Waals surface area contributed by atoms with E-state index in [1.807, 2.05) is 6.08 Å². The molecule has 0 aromatic heterocycles. The molecule has 0 N–H and O–H groups in total. The van der Waals surface area contributed by atoms with Crippen LogP contribution in [0.25, 0.3) is 12.2 Å². The summed E-state index contributed by atoms with van der Waals surface area (Å²) in [6.07, 6.45) is 9.39. The molecular weight excluding hydrogens is 228 g/mol. The summed E-state index contributed by atoms with van der Waals surface area (Å²) < 4.78 is 0. The summed E-state index contributed by atoms with van der Waals surface area (Å²) >= 11 is 0. The third kappa shape index (κ3) is 2.83. The van der Waals surface area contributed by atoms with Gasteiger partial charge in [0.15, 0.2) is 0 Å². The van der Waals surface area contributed by atoms with Crippen LogP contribution in [0.4, 0.5) is 0 Å². The van der Waals surface area contributed by atoms with E-state index in [-0.39, 0.29) is 0 Å². The summed E-state index contributed by atoms with van der Waals surface area (Å²) in [6, 6.07) is 2.34. The van der Waals surface area contributed by atoms with Gasteiger partial charge in [-0.2, -0.15) is 0 Å². The molecule has 2 rings (SSSR count). The summed E-state index contributed by atoms with van der Waals surface area (Å²) in [7, 11) is 0. The molecule has 0 nitrogen and oxygen atoms in total. The van der Waals surface area contributed by atoms with Crippen LogP contribution in [0.1, 0.15) is 61.4 Å². The van der Waals surface area contributed by atoms with Crippen LogP contribution in [0.15, 0.2) is 18.2 Å². The Morgan fingerprint density at radius 1 is 1.32 bits per heavy atom. The van der Waals surface area contributed by atoms with Crippen LogP contribution in [-0.4, -0.2) is 0 Å². The molecule has 0 atom stereocenters. The Morgan fingerprint density at radius 3 is 2.47 bits per heavy atom. The van der Waals surface area contributed by atoms with E-state index in [4.69, 9.17) is 0 Å². The van der Waals surface area contributed by atoms with Crippen molar-refractivity contribution in [3.05, 3.63) is 46.0 Å². The molecule has 0 unspecified atom stereocenters. The van der Waals surface area contributed by atoms with Crippen molar-refractivity contribution >= 4 is 12.2 Å². The number of rotatable bonds is 5. The van der Waals surface area contributed by atoms with Crippen LogP contribution < -0.4 is 0 Å². The van der Waals surface area contributed by atoms with E-state index in [1.165, 1.54) is 46.2 Å². The first-order valence-electron chi connectivity index (χ1n) is 7.58. The zero-order valence-electron chi connectivity index (χ0n) is 12.8. The average molecular weight is 254 g/mol. The molecule has 102 valence electrons. The maximum absolute atomic E-state index is 4.00. The second kappa shape index (κ2) is 5.77. The van der Waals surface area contributed by atoms with Crippen molar-refractivity contribution in [1.29, 1.82) is 0 Å². The highest BCUT2D eigenvalue weighted by atomic mass is 14.3. The van der Waals surface area contributed by atoms with Crippen LogP contribution in [0, 0.1) is 12.8 Å². The lowest BCUT2D eigenvalue weighted by Gasteiger charge is -2.16. The summed E-state index contributed by atoms with van der Waals surface area (Å²) in [5.41, 5.74) is 8.70. The molecule has 0 bridgehead atoms. The van der Waals surface area contributed by atoms with Crippen molar-refractivity contribution in [2.24, 2.45) is 5.92 Å². The second-order valence-electron chi connectivity index (χ2n) is 5.72. The smallest absolute Gasteiger partial charge is 0.0152 e. The Bertz CT molecular complexity index is 513. The molecule has 1 saturated carbocycles. The first-order valence-corrected chi connectivity index (χ1v) is 7.58. The quantitative estimate of drug-likeness (QED) is 0.644. The largest absolute Gasteiger partial charge is 0.0984 e. The first-order chi connectivity index (χ1) is 9.12. The van der Waals surface area contributed by atoms with E-state index >= 15 is 0 Å². The van der Waals surface area contributed by atoms with Gasteiger partial charge in [-0.1, -0.05) is 44.2 Å². The van der Waals surface area contributed by atoms with Gasteiger partial charge in [-0.05, 0) is 73.3 Å². The van der Waals surface area contributed by atoms with Gasteiger partial charge in [-0.25, -0.2) is 0 Å². The number of hydrogen-bond donors (Lipinski definition) is 0. The monoisotopic (exact) mass is 254 g/mol. The Balaban J connectivity index is 2.57. The van der Waals surface area contributed by atoms with Crippen LogP contribution in [0.2, 0.25) is 0 Å². The maximum atomic E-state index is 4.00. The molecule has 0 amide bonds. The molecule has 19 heavy (non-hydrogen) atoms. The molecule has 1 aromatic carbocycles. The predicted molar refractivity (Wildman–Crippen MR) is 86.4 cm³/mol. The lowest BCUT2D eigenvalue weighted by Crippen LogP contribution is -2.00. The van der Waals surface area contributed by atoms with Crippen molar-refractivity contribution in [2.75, 3.05) is 0 Å². The van der Waals surface area contributed by atoms with Crippen LogP contribution in [0.5, 0.6) is 0 Å². The Morgan fingerprint density at radius 2 is 2.00 bits per heavy atom. The predicted octanol–water partition coefficient (Wildman–Crippen LogP) is 5.58. The number of aryl methyl sites for hydroxylation is 1. The van der Waals surface area contributed by atoms with Crippen molar-refractivity contribution in [2.45, 2.75) is 53.4 Å². The van der Waals surface area contributed by atoms with E-state index in [0.717, 1.165) is 18.8 Å². The standard InChI is InChI=1S/C19H26/c1-6-15-12-16(7-2)19(14(5)18(15)8-3)11-13(4)17-9-10-17/h7,11-12,17H,2,6,8-10H2,1,3-5H3/b13-11+. The van der Waals surface area contributed by atoms with E-state index < -0.39 is 0 Å². The lowest BCUT2D eigenvalue weighted by atomic mass is 9.88. The molecule has 1 aliphatic carbocycles. The molecule has 1 aromatic rings. The van der Waals surface area contributed by atoms with E-state index in [9.17, 15) is 0 Å². The van der Waals surface area contributed by atoms with Crippen molar-refractivity contribution in [1.82, 2.24) is 0 Å². The van der Waals surface area contributed by atoms with Gasteiger partial charge >= 0.3 is 0 Å². The van der Waals surface area contributed by atoms with Gasteiger partial charge in [0.25, 0.3) is 0 Å². The van der Waals surface area contributed by atoms with Gasteiger partial charge in [0.05, 0.1) is 0 Å². The average Bonchev–Trinajstić information content (AvgIpc) is 3.24. The Kier molecular flexibility index (Phi) is 4.29. The maximum Gasteiger partial charge on any atom is -0.0152 e. The van der Waals surface area contributed by atoms with Gasteiger partial charge in [-0.3, -0.25) is 0 Å². The molecule has 0 spiro atoms. The highest BCUT2D eigenvalue weighted by molar-refractivity contribution is 5.71. The summed E-state index contributed by atoms with van der Waals surface area (Å²) in [6.45, 7) is 13.1. The van der Waals surface area contributed by atoms with Crippen LogP contribution >= 0.6 is 0 Å². The fraction of sp³-hybridized carbons (Fsp3) is 0.474. The highest BCUT2D eigenvalue weighted by Gasteiger charge is 2.23. The molecule has 0 radical (unpaired) electrons. The molecule has 1 aliphatic rings. The lowest BCUT2D eigenvalue weighted by molar-refractivity contribution is 1.00. The van der Waals surface area contributed by atoms with E-state index in [0.29, 0.717) is 0 Å². The molecule has 0 aliphatic heterocycles. The first kappa shape index (κ1) is 14.1. The number of benzene rings is 1. The van der Waals surface area contributed by atoms with E-state index in [2.05, 4.69) is 46.4 Å². The topological polar surface area (TPSA) is 0 Å². The van der Waals surface area contributed by atoms with Gasteiger partial charge in [-0.15, -0.1) is 0 Å². The Labute approximate surface area is 118 Å². The van der Waals surface area contributed by atoms with Crippen molar-refractivity contribution in [3.63, 3.8) is 0 Å². The minimum absolute atomic E-state index is 0.841. The molecule has 0 heterocycles. The third-order valence-corrected chi connectivity index (χ3v) is 4.43. The normalized spacial score (nSPS) is 15.7. The molecule has 0 heteroatoms. The SMILES string of the molecule is C=Cc1cc(CC)c(CC)c(C)c1/C=C(\C)C1CC1. The molecule has 0 saturated heterocycles. The van der Waals surface area contributed by atoms with Crippen LogP contribution in [-0.2, 0) is 12.8 Å².